The van der Waals surface area contributed by atoms with Crippen molar-refractivity contribution < 1.29 is 9.59 Å². The fourth-order valence-corrected chi connectivity index (χ4v) is 3.08. The van der Waals surface area contributed by atoms with Gasteiger partial charge in [-0.1, -0.05) is 18.2 Å². The maximum Gasteiger partial charge on any atom is 0.238 e. The summed E-state index contributed by atoms with van der Waals surface area (Å²) < 4.78 is 0.809. The molecule has 3 aromatic rings. The van der Waals surface area contributed by atoms with E-state index >= 15 is 0 Å². The molecule has 2 aromatic carbocycles. The van der Waals surface area contributed by atoms with E-state index in [0.29, 0.717) is 11.4 Å². The lowest BCUT2D eigenvalue weighted by atomic mass is 10.2. The molecule has 3 rings (SSSR count). The molecule has 2 N–H and O–H groups in total. The lowest BCUT2D eigenvalue weighted by Crippen LogP contribution is -2.36. The first-order valence-corrected chi connectivity index (χ1v) is 9.19. The Morgan fingerprint density at radius 3 is 2.33 bits per heavy atom. The average Bonchev–Trinajstić information content (AvgIpc) is 2.63. The van der Waals surface area contributed by atoms with Crippen LogP contribution in [0.5, 0.6) is 0 Å². The zero-order valence-corrected chi connectivity index (χ0v) is 16.4. The first-order chi connectivity index (χ1) is 13.0. The van der Waals surface area contributed by atoms with Crippen molar-refractivity contribution in [1.82, 2.24) is 9.88 Å². The topological polar surface area (TPSA) is 74.3 Å². The van der Waals surface area contributed by atoms with Crippen molar-refractivity contribution in [3.63, 3.8) is 0 Å². The Morgan fingerprint density at radius 1 is 0.926 bits per heavy atom. The number of benzene rings is 2. The first-order valence-electron chi connectivity index (χ1n) is 8.39. The van der Waals surface area contributed by atoms with Gasteiger partial charge in [0.2, 0.25) is 11.8 Å². The van der Waals surface area contributed by atoms with Gasteiger partial charge in [0.25, 0.3) is 0 Å². The molecule has 0 fully saturated rings. The van der Waals surface area contributed by atoms with E-state index in [1.165, 1.54) is 0 Å². The lowest BCUT2D eigenvalue weighted by molar-refractivity contribution is -0.119. The zero-order valence-electron chi connectivity index (χ0n) is 14.8. The lowest BCUT2D eigenvalue weighted by Gasteiger charge is -2.17. The summed E-state index contributed by atoms with van der Waals surface area (Å²) in [5.74, 6) is -0.380. The van der Waals surface area contributed by atoms with Gasteiger partial charge in [0.1, 0.15) is 0 Å². The molecular formula is C20H19BrN4O2. The predicted octanol–water partition coefficient (Wildman–Crippen LogP) is 3.51. The van der Waals surface area contributed by atoms with Gasteiger partial charge < -0.3 is 10.6 Å². The van der Waals surface area contributed by atoms with Crippen LogP contribution in [0.2, 0.25) is 0 Å². The monoisotopic (exact) mass is 426 g/mol. The summed E-state index contributed by atoms with van der Waals surface area (Å²) in [5.41, 5.74) is 2.22. The van der Waals surface area contributed by atoms with Crippen LogP contribution in [-0.4, -0.2) is 41.8 Å². The number of amides is 2. The van der Waals surface area contributed by atoms with Crippen LogP contribution in [0.3, 0.4) is 0 Å². The third kappa shape index (κ3) is 5.12. The molecule has 0 saturated carbocycles. The van der Waals surface area contributed by atoms with Gasteiger partial charge in [0.05, 0.1) is 30.0 Å². The number of fused-ring (bicyclic) bond motifs is 1. The third-order valence-corrected chi connectivity index (χ3v) is 4.59. The van der Waals surface area contributed by atoms with Crippen LogP contribution in [0.15, 0.2) is 65.3 Å². The molecular weight excluding hydrogens is 408 g/mol. The van der Waals surface area contributed by atoms with Gasteiger partial charge >= 0.3 is 0 Å². The molecule has 0 bridgehead atoms. The molecule has 0 aliphatic carbocycles. The number of para-hydroxylation sites is 1. The number of nitrogens with one attached hydrogen (secondary N) is 2. The molecule has 27 heavy (non-hydrogen) atoms. The van der Waals surface area contributed by atoms with Crippen LogP contribution < -0.4 is 10.6 Å². The SMILES string of the molecule is CN(CC(=O)Nc1ccccc1Br)CC(=O)Nc1cccc2ncccc12. The zero-order chi connectivity index (χ0) is 19.2. The maximum absolute atomic E-state index is 12.3. The van der Waals surface area contributed by atoms with Gasteiger partial charge in [-0.25, -0.2) is 0 Å². The van der Waals surface area contributed by atoms with E-state index in [2.05, 4.69) is 31.5 Å². The highest BCUT2D eigenvalue weighted by Gasteiger charge is 2.13. The van der Waals surface area contributed by atoms with E-state index in [4.69, 9.17) is 0 Å². The second kappa shape index (κ2) is 8.75. The molecule has 2 amide bonds. The number of carbonyl (C=O) groups is 2. The second-order valence-electron chi connectivity index (χ2n) is 6.12. The van der Waals surface area contributed by atoms with Crippen molar-refractivity contribution >= 4 is 50.0 Å². The Morgan fingerprint density at radius 2 is 1.59 bits per heavy atom. The molecule has 7 heteroatoms. The number of pyridine rings is 1. The number of nitrogens with zero attached hydrogens (tertiary/aromatic N) is 2. The van der Waals surface area contributed by atoms with Gasteiger partial charge in [0.15, 0.2) is 0 Å². The smallest absolute Gasteiger partial charge is 0.238 e. The fraction of sp³-hybridized carbons (Fsp3) is 0.150. The molecule has 0 aliphatic rings. The summed E-state index contributed by atoms with van der Waals surface area (Å²) >= 11 is 3.39. The summed E-state index contributed by atoms with van der Waals surface area (Å²) in [4.78, 5) is 30.5. The molecule has 1 aromatic heterocycles. The Hall–Kier alpha value is -2.77. The van der Waals surface area contributed by atoms with E-state index in [9.17, 15) is 9.59 Å². The Kier molecular flexibility index (Phi) is 6.16. The standard InChI is InChI=1S/C20H19BrN4O2/c1-25(13-20(27)24-18-8-3-2-7-15(18)21)12-19(26)23-17-10-4-9-16-14(17)6-5-11-22-16/h2-11H,12-13H2,1H3,(H,23,26)(H,24,27). The van der Waals surface area contributed by atoms with E-state index < -0.39 is 0 Å². The maximum atomic E-state index is 12.3. The summed E-state index contributed by atoms with van der Waals surface area (Å²) in [6.45, 7) is 0.200. The molecule has 138 valence electrons. The molecule has 0 radical (unpaired) electrons. The normalized spacial score (nSPS) is 10.8. The highest BCUT2D eigenvalue weighted by atomic mass is 79.9. The van der Waals surface area contributed by atoms with E-state index in [0.717, 1.165) is 15.4 Å². The predicted molar refractivity (Wildman–Crippen MR) is 111 cm³/mol. The van der Waals surface area contributed by atoms with Crippen LogP contribution >= 0.6 is 15.9 Å². The number of anilines is 2. The summed E-state index contributed by atoms with van der Waals surface area (Å²) in [7, 11) is 1.73. The Bertz CT molecular complexity index is 972. The molecule has 0 spiro atoms. The summed E-state index contributed by atoms with van der Waals surface area (Å²) in [6.07, 6.45) is 1.71. The molecule has 1 heterocycles. The third-order valence-electron chi connectivity index (χ3n) is 3.89. The minimum Gasteiger partial charge on any atom is -0.324 e. The first kappa shape index (κ1) is 19.0. The average molecular weight is 427 g/mol. The van der Waals surface area contributed by atoms with E-state index in [-0.39, 0.29) is 24.9 Å². The van der Waals surface area contributed by atoms with Gasteiger partial charge in [-0.3, -0.25) is 19.5 Å². The molecule has 0 unspecified atom stereocenters. The molecule has 0 aliphatic heterocycles. The number of hydrogen-bond donors (Lipinski definition) is 2. The molecule has 0 saturated heterocycles. The van der Waals surface area contributed by atoms with Crippen molar-refractivity contribution in [2.45, 2.75) is 0 Å². The highest BCUT2D eigenvalue weighted by Crippen LogP contribution is 2.22. The van der Waals surface area contributed by atoms with Crippen LogP contribution in [0.25, 0.3) is 10.9 Å². The van der Waals surface area contributed by atoms with Crippen molar-refractivity contribution in [2.75, 3.05) is 30.8 Å². The summed E-state index contributed by atoms with van der Waals surface area (Å²) in [5, 5.41) is 6.59. The quantitative estimate of drug-likeness (QED) is 0.632. The fourth-order valence-electron chi connectivity index (χ4n) is 2.70. The second-order valence-corrected chi connectivity index (χ2v) is 6.98. The Balaban J connectivity index is 1.56. The van der Waals surface area contributed by atoms with Crippen LogP contribution in [0.1, 0.15) is 0 Å². The van der Waals surface area contributed by atoms with Crippen LogP contribution in [0, 0.1) is 0 Å². The minimum atomic E-state index is -0.192. The van der Waals surface area contributed by atoms with E-state index in [1.807, 2.05) is 54.6 Å². The number of likely N-dealkylation sites (N-methyl/N-ethyl adjacent to an activating group) is 1. The van der Waals surface area contributed by atoms with Crippen molar-refractivity contribution in [1.29, 1.82) is 0 Å². The van der Waals surface area contributed by atoms with Crippen LogP contribution in [-0.2, 0) is 9.59 Å². The van der Waals surface area contributed by atoms with Gasteiger partial charge in [-0.2, -0.15) is 0 Å². The minimum absolute atomic E-state index is 0.0973. The molecule has 0 atom stereocenters. The molecule has 6 nitrogen and oxygen atoms in total. The van der Waals surface area contributed by atoms with Crippen molar-refractivity contribution in [2.24, 2.45) is 0 Å². The summed E-state index contributed by atoms with van der Waals surface area (Å²) in [6, 6.07) is 16.7. The number of aromatic nitrogens is 1. The largest absolute Gasteiger partial charge is 0.324 e. The van der Waals surface area contributed by atoms with Crippen molar-refractivity contribution in [3.05, 3.63) is 65.3 Å². The van der Waals surface area contributed by atoms with Gasteiger partial charge in [0, 0.05) is 16.1 Å². The number of carbonyl (C=O) groups excluding carboxylic acids is 2. The van der Waals surface area contributed by atoms with Crippen molar-refractivity contribution in [3.8, 4) is 0 Å². The van der Waals surface area contributed by atoms with Gasteiger partial charge in [-0.15, -0.1) is 0 Å². The number of rotatable bonds is 6. The highest BCUT2D eigenvalue weighted by molar-refractivity contribution is 9.10. The Labute approximate surface area is 165 Å². The van der Waals surface area contributed by atoms with E-state index in [1.54, 1.807) is 18.1 Å². The van der Waals surface area contributed by atoms with Gasteiger partial charge in [-0.05, 0) is 59.4 Å². The number of halogens is 1. The number of hydrogen-bond acceptors (Lipinski definition) is 4. The van der Waals surface area contributed by atoms with Crippen LogP contribution in [0.4, 0.5) is 11.4 Å².